The molecule has 0 aromatic carbocycles. The Hall–Kier alpha value is -1.09. The third kappa shape index (κ3) is 4.99. The summed E-state index contributed by atoms with van der Waals surface area (Å²) in [5, 5.41) is 2.36. The molecule has 1 aliphatic heterocycles. The number of pyridine rings is 1. The van der Waals surface area contributed by atoms with E-state index < -0.39 is 0 Å². The molecule has 1 saturated heterocycles. The minimum absolute atomic E-state index is 0.648. The van der Waals surface area contributed by atoms with Gasteiger partial charge in [-0.25, -0.2) is 9.58 Å². The van der Waals surface area contributed by atoms with E-state index in [0.29, 0.717) is 6.04 Å². The van der Waals surface area contributed by atoms with Crippen LogP contribution >= 0.6 is 0 Å². The zero-order chi connectivity index (χ0) is 15.1. The van der Waals surface area contributed by atoms with E-state index in [1.54, 1.807) is 0 Å². The molecule has 0 bridgehead atoms. The molecule has 1 aliphatic rings. The van der Waals surface area contributed by atoms with Gasteiger partial charge in [0.25, 0.3) is 0 Å². The fourth-order valence-corrected chi connectivity index (χ4v) is 3.06. The zero-order valence-corrected chi connectivity index (χ0v) is 14.0. The molecule has 1 atom stereocenters. The lowest BCUT2D eigenvalue weighted by molar-refractivity contribution is -0.724. The Bertz CT molecular complexity index is 393. The van der Waals surface area contributed by atoms with Crippen LogP contribution in [0.3, 0.4) is 0 Å². The number of nitrogens with one attached hydrogen (secondary N) is 1. The maximum Gasteiger partial charge on any atom is 0.171 e. The predicted octanol–water partition coefficient (Wildman–Crippen LogP) is 4.17. The third-order valence-corrected chi connectivity index (χ3v) is 4.71. The van der Waals surface area contributed by atoms with Gasteiger partial charge in [0.05, 0.1) is 5.69 Å². The summed E-state index contributed by atoms with van der Waals surface area (Å²) in [6.45, 7) is 9.22. The van der Waals surface area contributed by atoms with Crippen molar-refractivity contribution in [3.8, 4) is 0 Å². The summed E-state index contributed by atoms with van der Waals surface area (Å²) in [6, 6.07) is 5.08. The summed E-state index contributed by atoms with van der Waals surface area (Å²) in [5.41, 5.74) is 4.76. The molecule has 0 amide bonds. The molecule has 0 radical (unpaired) electrons. The van der Waals surface area contributed by atoms with Gasteiger partial charge in [0.15, 0.2) is 18.4 Å². The molecule has 1 fully saturated rings. The molecule has 2 heterocycles. The number of hydrogen-bond acceptors (Lipinski definition) is 2. The summed E-state index contributed by atoms with van der Waals surface area (Å²) in [7, 11) is 0. The van der Waals surface area contributed by atoms with Gasteiger partial charge in [0.1, 0.15) is 0 Å². The van der Waals surface area contributed by atoms with E-state index >= 15 is 0 Å². The Balaban J connectivity index is 1.88. The average Bonchev–Trinajstić information content (AvgIpc) is 2.52. The van der Waals surface area contributed by atoms with E-state index in [9.17, 15) is 0 Å². The van der Waals surface area contributed by atoms with Gasteiger partial charge < -0.3 is 5.43 Å². The van der Waals surface area contributed by atoms with E-state index in [1.165, 1.54) is 44.2 Å². The highest BCUT2D eigenvalue weighted by Gasteiger charge is 2.17. The van der Waals surface area contributed by atoms with Crippen LogP contribution in [0, 0.1) is 5.92 Å². The highest BCUT2D eigenvalue weighted by molar-refractivity contribution is 5.38. The van der Waals surface area contributed by atoms with Gasteiger partial charge in [-0.15, -0.1) is 0 Å². The second-order valence-corrected chi connectivity index (χ2v) is 6.52. The van der Waals surface area contributed by atoms with Gasteiger partial charge in [-0.1, -0.05) is 27.2 Å². The minimum atomic E-state index is 0.648. The van der Waals surface area contributed by atoms with Crippen LogP contribution in [-0.2, 0) is 0 Å². The smallest absolute Gasteiger partial charge is 0.171 e. The molecule has 1 aromatic rings. The van der Waals surface area contributed by atoms with E-state index in [2.05, 4.69) is 60.3 Å². The number of hydrogen-bond donors (Lipinski definition) is 1. The molecule has 0 spiro atoms. The van der Waals surface area contributed by atoms with E-state index in [-0.39, 0.29) is 0 Å². The molecule has 0 aliphatic carbocycles. The first-order valence-electron chi connectivity index (χ1n) is 8.75. The van der Waals surface area contributed by atoms with Crippen molar-refractivity contribution >= 4 is 5.69 Å². The van der Waals surface area contributed by atoms with Gasteiger partial charge in [0.2, 0.25) is 0 Å². The van der Waals surface area contributed by atoms with Gasteiger partial charge in [-0.05, 0) is 25.2 Å². The first-order valence-corrected chi connectivity index (χ1v) is 8.75. The molecule has 3 heteroatoms. The van der Waals surface area contributed by atoms with Crippen molar-refractivity contribution in [2.24, 2.45) is 5.92 Å². The molecule has 21 heavy (non-hydrogen) atoms. The SMILES string of the molecule is CCCCC(CC)[n+]1ccc(NN2CCC(C)CC2)cc1. The van der Waals surface area contributed by atoms with Gasteiger partial charge in [-0.3, -0.25) is 0 Å². The van der Waals surface area contributed by atoms with Crippen LogP contribution in [0.25, 0.3) is 0 Å². The molecule has 0 saturated carbocycles. The highest BCUT2D eigenvalue weighted by atomic mass is 15.5. The Morgan fingerprint density at radius 2 is 1.90 bits per heavy atom. The van der Waals surface area contributed by atoms with Gasteiger partial charge in [-0.2, -0.15) is 0 Å². The molecule has 1 aromatic heterocycles. The lowest BCUT2D eigenvalue weighted by Crippen LogP contribution is -2.40. The largest absolute Gasteiger partial charge is 0.318 e. The summed E-state index contributed by atoms with van der Waals surface area (Å²) < 4.78 is 2.37. The third-order valence-electron chi connectivity index (χ3n) is 4.71. The lowest BCUT2D eigenvalue weighted by Gasteiger charge is -2.30. The number of nitrogens with zero attached hydrogens (tertiary/aromatic N) is 2. The van der Waals surface area contributed by atoms with Crippen molar-refractivity contribution < 1.29 is 4.57 Å². The van der Waals surface area contributed by atoms with Gasteiger partial charge >= 0.3 is 0 Å². The zero-order valence-electron chi connectivity index (χ0n) is 14.0. The number of anilines is 1. The summed E-state index contributed by atoms with van der Waals surface area (Å²) in [6.07, 6.45) is 12.2. The van der Waals surface area contributed by atoms with Crippen LogP contribution in [-0.4, -0.2) is 18.1 Å². The van der Waals surface area contributed by atoms with Crippen molar-refractivity contribution in [2.45, 2.75) is 65.3 Å². The summed E-state index contributed by atoms with van der Waals surface area (Å²) in [5.74, 6) is 0.879. The highest BCUT2D eigenvalue weighted by Crippen LogP contribution is 2.17. The first kappa shape index (κ1) is 16.3. The average molecular weight is 290 g/mol. The number of unbranched alkanes of at least 4 members (excludes halogenated alkanes) is 1. The molecule has 118 valence electrons. The molecular formula is C18H32N3+. The van der Waals surface area contributed by atoms with E-state index in [1.807, 2.05) is 0 Å². The lowest BCUT2D eigenvalue weighted by atomic mass is 10.0. The topological polar surface area (TPSA) is 19.1 Å². The molecule has 1 N–H and O–H groups in total. The first-order chi connectivity index (χ1) is 10.2. The molecule has 3 nitrogen and oxygen atoms in total. The predicted molar refractivity (Wildman–Crippen MR) is 89.1 cm³/mol. The normalized spacial score (nSPS) is 18.6. The van der Waals surface area contributed by atoms with E-state index in [4.69, 9.17) is 0 Å². The fourth-order valence-electron chi connectivity index (χ4n) is 3.06. The number of piperidine rings is 1. The molecular weight excluding hydrogens is 258 g/mol. The van der Waals surface area contributed by atoms with Crippen LogP contribution in [0.4, 0.5) is 5.69 Å². The second kappa shape index (κ2) is 8.38. The number of rotatable bonds is 7. The van der Waals surface area contributed by atoms with Crippen molar-refractivity contribution in [3.63, 3.8) is 0 Å². The monoisotopic (exact) mass is 290 g/mol. The quantitative estimate of drug-likeness (QED) is 0.760. The Morgan fingerprint density at radius 3 is 2.48 bits per heavy atom. The van der Waals surface area contributed by atoms with E-state index in [0.717, 1.165) is 19.0 Å². The fraction of sp³-hybridized carbons (Fsp3) is 0.722. The van der Waals surface area contributed by atoms with Gasteiger partial charge in [0, 0.05) is 38.1 Å². The Morgan fingerprint density at radius 1 is 1.24 bits per heavy atom. The van der Waals surface area contributed by atoms with Crippen LogP contribution in [0.2, 0.25) is 0 Å². The maximum absolute atomic E-state index is 3.55. The molecule has 2 rings (SSSR count). The maximum atomic E-state index is 3.55. The second-order valence-electron chi connectivity index (χ2n) is 6.52. The Labute approximate surface area is 130 Å². The van der Waals surface area contributed by atoms with Crippen LogP contribution in [0.1, 0.15) is 65.3 Å². The standard InChI is InChI=1S/C18H31N3/c1-4-6-7-18(5-2)20-12-10-17(11-13-20)19-21-14-8-16(3)9-15-21/h10-13,16,18H,4-9,14-15H2,1-3H3/p+1. The van der Waals surface area contributed by atoms with Crippen molar-refractivity contribution in [2.75, 3.05) is 18.5 Å². The summed E-state index contributed by atoms with van der Waals surface area (Å²) in [4.78, 5) is 0. The summed E-state index contributed by atoms with van der Waals surface area (Å²) >= 11 is 0. The number of hydrazine groups is 1. The van der Waals surface area contributed by atoms with Crippen LogP contribution in [0.15, 0.2) is 24.5 Å². The van der Waals surface area contributed by atoms with Crippen molar-refractivity contribution in [3.05, 3.63) is 24.5 Å². The molecule has 1 unspecified atom stereocenters. The van der Waals surface area contributed by atoms with Crippen molar-refractivity contribution in [1.29, 1.82) is 0 Å². The van der Waals surface area contributed by atoms with Crippen molar-refractivity contribution in [1.82, 2.24) is 5.01 Å². The Kier molecular flexibility index (Phi) is 6.50. The number of aromatic nitrogens is 1. The van der Waals surface area contributed by atoms with Crippen LogP contribution in [0.5, 0.6) is 0 Å². The van der Waals surface area contributed by atoms with Crippen LogP contribution < -0.4 is 9.99 Å². The minimum Gasteiger partial charge on any atom is -0.318 e.